The summed E-state index contributed by atoms with van der Waals surface area (Å²) in [5, 5.41) is 21.7. The second-order valence-corrected chi connectivity index (χ2v) is 10.3. The molecule has 1 saturated heterocycles. The highest BCUT2D eigenvalue weighted by Gasteiger charge is 2.48. The zero-order chi connectivity index (χ0) is 25.7. The molecule has 6 rings (SSSR count). The number of carbonyl (C=O) groups excluding carboxylic acids is 2. The summed E-state index contributed by atoms with van der Waals surface area (Å²) < 4.78 is 6.12. The minimum absolute atomic E-state index is 0.00304. The van der Waals surface area contributed by atoms with Crippen LogP contribution in [-0.4, -0.2) is 34.0 Å². The van der Waals surface area contributed by atoms with Crippen LogP contribution >= 0.6 is 11.3 Å². The molecule has 1 atom stereocenters. The number of nitrogens with zero attached hydrogens (tertiary/aromatic N) is 2. The van der Waals surface area contributed by atoms with Gasteiger partial charge in [-0.15, -0.1) is 0 Å². The monoisotopic (exact) mass is 512 g/mol. The van der Waals surface area contributed by atoms with E-state index in [1.807, 2.05) is 24.3 Å². The quantitative estimate of drug-likeness (QED) is 0.212. The number of hydrogen-bond acceptors (Lipinski definition) is 7. The number of aliphatic hydroxyl groups is 1. The van der Waals surface area contributed by atoms with Crippen LogP contribution in [0.25, 0.3) is 16.0 Å². The number of thiazole rings is 1. The summed E-state index contributed by atoms with van der Waals surface area (Å²) in [5.41, 5.74) is 4.17. The molecule has 0 bridgehead atoms. The van der Waals surface area contributed by atoms with Crippen molar-refractivity contribution in [2.24, 2.45) is 0 Å². The lowest BCUT2D eigenvalue weighted by Crippen LogP contribution is -2.29. The maximum Gasteiger partial charge on any atom is 0.301 e. The first-order valence-corrected chi connectivity index (χ1v) is 12.9. The summed E-state index contributed by atoms with van der Waals surface area (Å²) in [6.07, 6.45) is 4.13. The van der Waals surface area contributed by atoms with E-state index in [1.165, 1.54) is 33.9 Å². The number of rotatable bonds is 4. The zero-order valence-corrected chi connectivity index (χ0v) is 20.9. The molecule has 0 radical (unpaired) electrons. The molecular weight excluding hydrogens is 488 g/mol. The predicted molar refractivity (Wildman–Crippen MR) is 142 cm³/mol. The fourth-order valence-corrected chi connectivity index (χ4v) is 6.18. The number of methoxy groups -OCH3 is 1. The Labute approximate surface area is 217 Å². The molecule has 1 amide bonds. The van der Waals surface area contributed by atoms with E-state index in [9.17, 15) is 19.8 Å². The minimum atomic E-state index is -0.904. The second-order valence-electron chi connectivity index (χ2n) is 9.28. The van der Waals surface area contributed by atoms with Crippen LogP contribution in [0.2, 0.25) is 0 Å². The van der Waals surface area contributed by atoms with Crippen LogP contribution in [0.4, 0.5) is 5.13 Å². The van der Waals surface area contributed by atoms with Crippen molar-refractivity contribution in [3.05, 3.63) is 88.5 Å². The Kier molecular flexibility index (Phi) is 5.68. The molecule has 0 spiro atoms. The first-order chi connectivity index (χ1) is 17.9. The largest absolute Gasteiger partial charge is 0.508 e. The minimum Gasteiger partial charge on any atom is -0.508 e. The Morgan fingerprint density at radius 2 is 1.76 bits per heavy atom. The second kappa shape index (κ2) is 9.05. The van der Waals surface area contributed by atoms with Crippen molar-refractivity contribution in [1.82, 2.24) is 4.98 Å². The van der Waals surface area contributed by atoms with Gasteiger partial charge in [0.1, 0.15) is 17.3 Å². The molecule has 4 aromatic rings. The predicted octanol–water partition coefficient (Wildman–Crippen LogP) is 5.52. The van der Waals surface area contributed by atoms with Crippen molar-refractivity contribution in [3.8, 4) is 11.5 Å². The van der Waals surface area contributed by atoms with Crippen molar-refractivity contribution in [1.29, 1.82) is 0 Å². The molecule has 0 saturated carbocycles. The lowest BCUT2D eigenvalue weighted by atomic mass is 9.89. The summed E-state index contributed by atoms with van der Waals surface area (Å²) in [6.45, 7) is 0. The molecule has 2 heterocycles. The third-order valence-electron chi connectivity index (χ3n) is 7.07. The number of benzene rings is 3. The van der Waals surface area contributed by atoms with Gasteiger partial charge < -0.3 is 14.9 Å². The zero-order valence-electron chi connectivity index (χ0n) is 20.1. The van der Waals surface area contributed by atoms with E-state index >= 15 is 0 Å². The average molecular weight is 513 g/mol. The number of ketones is 1. The van der Waals surface area contributed by atoms with Gasteiger partial charge in [0.15, 0.2) is 5.13 Å². The van der Waals surface area contributed by atoms with Crippen LogP contribution < -0.4 is 9.64 Å². The van der Waals surface area contributed by atoms with Crippen molar-refractivity contribution in [3.63, 3.8) is 0 Å². The van der Waals surface area contributed by atoms with Crippen LogP contribution in [-0.2, 0) is 22.4 Å². The number of aromatic hydroxyl groups is 1. The number of ether oxygens (including phenoxy) is 1. The number of amides is 1. The lowest BCUT2D eigenvalue weighted by molar-refractivity contribution is -0.132. The molecule has 1 aliphatic carbocycles. The van der Waals surface area contributed by atoms with Gasteiger partial charge in [0, 0.05) is 5.56 Å². The summed E-state index contributed by atoms with van der Waals surface area (Å²) in [7, 11) is 1.58. The van der Waals surface area contributed by atoms with E-state index in [4.69, 9.17) is 4.74 Å². The molecule has 1 aliphatic heterocycles. The summed E-state index contributed by atoms with van der Waals surface area (Å²) >= 11 is 1.27. The molecule has 1 fully saturated rings. The third kappa shape index (κ3) is 3.94. The fraction of sp³-hybridized carbons (Fsp3) is 0.207. The number of hydrogen-bond donors (Lipinski definition) is 2. The number of phenols is 1. The van der Waals surface area contributed by atoms with E-state index in [0.717, 1.165) is 35.9 Å². The van der Waals surface area contributed by atoms with Crippen LogP contribution in [0.1, 0.15) is 41.1 Å². The van der Waals surface area contributed by atoms with Gasteiger partial charge in [-0.05, 0) is 78.8 Å². The van der Waals surface area contributed by atoms with Crippen molar-refractivity contribution < 1.29 is 24.5 Å². The number of aryl methyl sites for hydroxylation is 2. The van der Waals surface area contributed by atoms with Crippen LogP contribution in [0.5, 0.6) is 11.5 Å². The first kappa shape index (κ1) is 23.2. The van der Waals surface area contributed by atoms with Crippen LogP contribution in [0.15, 0.2) is 66.2 Å². The number of aliphatic hydroxyl groups excluding tert-OH is 1. The number of phenolic OH excluding ortho intramolecular Hbond substituents is 1. The van der Waals surface area contributed by atoms with Gasteiger partial charge in [0.05, 0.1) is 28.9 Å². The number of anilines is 1. The number of Topliss-reactive ketones (excluding diaryl/α,β-unsaturated/α-hetero) is 1. The van der Waals surface area contributed by atoms with Gasteiger partial charge in [0.2, 0.25) is 0 Å². The van der Waals surface area contributed by atoms with Gasteiger partial charge in [-0.2, -0.15) is 0 Å². The van der Waals surface area contributed by atoms with Gasteiger partial charge in [-0.3, -0.25) is 14.5 Å². The maximum atomic E-state index is 13.5. The van der Waals surface area contributed by atoms with E-state index in [0.29, 0.717) is 27.5 Å². The highest BCUT2D eigenvalue weighted by Crippen LogP contribution is 2.45. The van der Waals surface area contributed by atoms with Gasteiger partial charge in [-0.25, -0.2) is 4.98 Å². The summed E-state index contributed by atoms with van der Waals surface area (Å²) in [4.78, 5) is 32.9. The van der Waals surface area contributed by atoms with E-state index in [2.05, 4.69) is 4.98 Å². The maximum absolute atomic E-state index is 13.5. The number of aromatic nitrogens is 1. The van der Waals surface area contributed by atoms with Crippen LogP contribution in [0, 0.1) is 0 Å². The van der Waals surface area contributed by atoms with E-state index < -0.39 is 17.7 Å². The highest BCUT2D eigenvalue weighted by atomic mass is 32.1. The molecule has 37 heavy (non-hydrogen) atoms. The third-order valence-corrected chi connectivity index (χ3v) is 8.08. The molecule has 8 heteroatoms. The molecule has 1 aromatic heterocycles. The normalized spacial score (nSPS) is 18.8. The summed E-state index contributed by atoms with van der Waals surface area (Å²) in [6, 6.07) is 16.5. The number of carbonyl (C=O) groups is 2. The smallest absolute Gasteiger partial charge is 0.301 e. The Hall–Kier alpha value is -4.17. The Morgan fingerprint density at radius 3 is 2.51 bits per heavy atom. The molecular formula is C29H24N2O5S. The van der Waals surface area contributed by atoms with E-state index in [1.54, 1.807) is 31.4 Å². The first-order valence-electron chi connectivity index (χ1n) is 12.1. The van der Waals surface area contributed by atoms with Gasteiger partial charge >= 0.3 is 5.91 Å². The van der Waals surface area contributed by atoms with Crippen LogP contribution in [0.3, 0.4) is 0 Å². The fourth-order valence-electron chi connectivity index (χ4n) is 5.16. The highest BCUT2D eigenvalue weighted by molar-refractivity contribution is 7.22. The lowest BCUT2D eigenvalue weighted by Gasteiger charge is -2.23. The SMILES string of the molecule is COc1ccc2nc(N3C(=O)C(=O)/C(=C(/O)c4ccc5c(c4)CCCC5)C3c3ccc(O)cc3)sc2c1. The average Bonchev–Trinajstić information content (AvgIpc) is 3.46. The van der Waals surface area contributed by atoms with Gasteiger partial charge in [-0.1, -0.05) is 35.6 Å². The molecule has 3 aromatic carbocycles. The molecule has 2 aliphatic rings. The van der Waals surface area contributed by atoms with Crippen molar-refractivity contribution in [2.45, 2.75) is 31.7 Å². The summed E-state index contributed by atoms with van der Waals surface area (Å²) in [5.74, 6) is -1.03. The van der Waals surface area contributed by atoms with Crippen molar-refractivity contribution in [2.75, 3.05) is 12.0 Å². The molecule has 2 N–H and O–H groups in total. The van der Waals surface area contributed by atoms with E-state index in [-0.39, 0.29) is 17.1 Å². The Morgan fingerprint density at radius 1 is 1.00 bits per heavy atom. The molecule has 7 nitrogen and oxygen atoms in total. The Bertz CT molecular complexity index is 1590. The number of fused-ring (bicyclic) bond motifs is 2. The molecule has 1 unspecified atom stereocenters. The standard InChI is InChI=1S/C29H24N2O5S/c1-36-21-12-13-22-23(15-21)37-29(30-22)31-25(17-8-10-20(32)11-9-17)24(27(34)28(31)35)26(33)19-7-6-16-4-2-3-5-18(16)14-19/h6-15,25,32-33H,2-5H2,1H3/b26-24+. The molecule has 186 valence electrons. The topological polar surface area (TPSA) is 100.0 Å². The Balaban J connectivity index is 1.52. The van der Waals surface area contributed by atoms with Gasteiger partial charge in [0.25, 0.3) is 5.78 Å². The van der Waals surface area contributed by atoms with Crippen molar-refractivity contribution >= 4 is 44.1 Å².